The lowest BCUT2D eigenvalue weighted by molar-refractivity contribution is 0.101. The Balaban J connectivity index is 1.91. The lowest BCUT2D eigenvalue weighted by Crippen LogP contribution is -2.13. The quantitative estimate of drug-likeness (QED) is 0.510. The highest BCUT2D eigenvalue weighted by Gasteiger charge is 2.20. The van der Waals surface area contributed by atoms with Crippen molar-refractivity contribution in [2.24, 2.45) is 0 Å². The molecule has 0 atom stereocenters. The van der Waals surface area contributed by atoms with Crippen molar-refractivity contribution >= 4 is 11.6 Å². The van der Waals surface area contributed by atoms with Crippen LogP contribution in [0.25, 0.3) is 0 Å². The van der Waals surface area contributed by atoms with Crippen LogP contribution < -0.4 is 18.9 Å². The molecule has 0 saturated carbocycles. The summed E-state index contributed by atoms with van der Waals surface area (Å²) in [4.78, 5) is 25.8. The molecule has 0 aliphatic heterocycles. The van der Waals surface area contributed by atoms with Gasteiger partial charge in [0.15, 0.2) is 23.0 Å². The number of hydrogen-bond acceptors (Lipinski definition) is 8. The van der Waals surface area contributed by atoms with E-state index in [1.165, 1.54) is 28.4 Å². The SMILES string of the molecule is COc1ccc(C(=O)c2cc(C)c(C(=O)c3ccc(OC)c(OC)c3)nn2)cc1OC. The molecule has 0 unspecified atom stereocenters. The number of carbonyl (C=O) groups is 2. The second-order valence-corrected chi connectivity index (χ2v) is 6.56. The molecule has 0 aliphatic rings. The highest BCUT2D eigenvalue weighted by atomic mass is 16.5. The standard InChI is InChI=1S/C23H22N2O6/c1-13-10-16(22(26)14-6-8-17(28-2)19(11-14)30-4)24-25-21(13)23(27)15-7-9-18(29-3)20(12-15)31-5/h6-12H,1-5H3. The minimum Gasteiger partial charge on any atom is -0.493 e. The summed E-state index contributed by atoms with van der Waals surface area (Å²) in [7, 11) is 6.02. The van der Waals surface area contributed by atoms with Crippen LogP contribution in [-0.2, 0) is 0 Å². The van der Waals surface area contributed by atoms with Gasteiger partial charge < -0.3 is 18.9 Å². The Bertz CT molecular complexity index is 1140. The number of carbonyl (C=O) groups excluding carboxylic acids is 2. The van der Waals surface area contributed by atoms with E-state index < -0.39 is 0 Å². The Morgan fingerprint density at radius 2 is 1.13 bits per heavy atom. The lowest BCUT2D eigenvalue weighted by atomic mass is 10.0. The first-order valence-corrected chi connectivity index (χ1v) is 9.31. The van der Waals surface area contributed by atoms with Gasteiger partial charge in [0.1, 0.15) is 11.4 Å². The van der Waals surface area contributed by atoms with Crippen LogP contribution in [0.3, 0.4) is 0 Å². The monoisotopic (exact) mass is 422 g/mol. The van der Waals surface area contributed by atoms with Crippen molar-refractivity contribution in [2.75, 3.05) is 28.4 Å². The van der Waals surface area contributed by atoms with Gasteiger partial charge in [0.05, 0.1) is 28.4 Å². The van der Waals surface area contributed by atoms with E-state index in [4.69, 9.17) is 18.9 Å². The van der Waals surface area contributed by atoms with Gasteiger partial charge in [-0.05, 0) is 55.0 Å². The molecule has 160 valence electrons. The molecule has 0 fully saturated rings. The van der Waals surface area contributed by atoms with Crippen molar-refractivity contribution in [3.05, 3.63) is 70.5 Å². The molecular weight excluding hydrogens is 400 g/mol. The molecule has 8 heteroatoms. The molecule has 0 spiro atoms. The molecule has 3 aromatic rings. The molecular formula is C23H22N2O6. The summed E-state index contributed by atoms with van der Waals surface area (Å²) in [5.74, 6) is 1.20. The first kappa shape index (κ1) is 21.8. The highest BCUT2D eigenvalue weighted by Crippen LogP contribution is 2.30. The number of benzene rings is 2. The fourth-order valence-electron chi connectivity index (χ4n) is 3.06. The van der Waals surface area contributed by atoms with Gasteiger partial charge in [-0.15, -0.1) is 10.2 Å². The smallest absolute Gasteiger partial charge is 0.213 e. The molecule has 0 saturated heterocycles. The van der Waals surface area contributed by atoms with Gasteiger partial charge in [0.25, 0.3) is 0 Å². The Hall–Kier alpha value is -3.94. The number of rotatable bonds is 8. The van der Waals surface area contributed by atoms with Crippen LogP contribution in [0.2, 0.25) is 0 Å². The first-order valence-electron chi connectivity index (χ1n) is 9.31. The summed E-state index contributed by atoms with van der Waals surface area (Å²) >= 11 is 0. The normalized spacial score (nSPS) is 10.4. The lowest BCUT2D eigenvalue weighted by Gasteiger charge is -2.10. The Labute approximate surface area is 179 Å². The third-order valence-corrected chi connectivity index (χ3v) is 4.72. The second-order valence-electron chi connectivity index (χ2n) is 6.56. The predicted molar refractivity (Wildman–Crippen MR) is 113 cm³/mol. The molecule has 8 nitrogen and oxygen atoms in total. The van der Waals surface area contributed by atoms with E-state index in [1.807, 2.05) is 0 Å². The van der Waals surface area contributed by atoms with E-state index in [0.29, 0.717) is 39.7 Å². The molecule has 3 rings (SSSR count). The predicted octanol–water partition coefficient (Wildman–Crippen LogP) is 3.28. The van der Waals surface area contributed by atoms with Crippen molar-refractivity contribution in [1.29, 1.82) is 0 Å². The zero-order valence-electron chi connectivity index (χ0n) is 17.9. The topological polar surface area (TPSA) is 96.8 Å². The van der Waals surface area contributed by atoms with Crippen LogP contribution in [0.5, 0.6) is 23.0 Å². The van der Waals surface area contributed by atoms with Gasteiger partial charge in [-0.1, -0.05) is 0 Å². The van der Waals surface area contributed by atoms with Crippen molar-refractivity contribution in [1.82, 2.24) is 10.2 Å². The fourth-order valence-corrected chi connectivity index (χ4v) is 3.06. The third-order valence-electron chi connectivity index (χ3n) is 4.72. The fraction of sp³-hybridized carbons (Fsp3) is 0.217. The van der Waals surface area contributed by atoms with Gasteiger partial charge in [-0.3, -0.25) is 9.59 Å². The molecule has 0 bridgehead atoms. The van der Waals surface area contributed by atoms with Crippen molar-refractivity contribution < 1.29 is 28.5 Å². The maximum atomic E-state index is 12.9. The molecule has 0 radical (unpaired) electrons. The van der Waals surface area contributed by atoms with Crippen LogP contribution in [0, 0.1) is 6.92 Å². The molecule has 0 aliphatic carbocycles. The number of hydrogen-bond donors (Lipinski definition) is 0. The van der Waals surface area contributed by atoms with E-state index in [-0.39, 0.29) is 23.0 Å². The molecule has 0 N–H and O–H groups in total. The largest absolute Gasteiger partial charge is 0.493 e. The molecule has 2 aromatic carbocycles. The Morgan fingerprint density at radius 1 is 0.645 bits per heavy atom. The minimum absolute atomic E-state index is 0.119. The number of ketones is 2. The van der Waals surface area contributed by atoms with Gasteiger partial charge in [-0.25, -0.2) is 0 Å². The van der Waals surface area contributed by atoms with Crippen LogP contribution >= 0.6 is 0 Å². The summed E-state index contributed by atoms with van der Waals surface area (Å²) in [5, 5.41) is 8.02. The number of nitrogens with zero attached hydrogens (tertiary/aromatic N) is 2. The van der Waals surface area contributed by atoms with E-state index in [2.05, 4.69) is 10.2 Å². The van der Waals surface area contributed by atoms with Crippen LogP contribution in [0.1, 0.15) is 37.7 Å². The van der Waals surface area contributed by atoms with Gasteiger partial charge >= 0.3 is 0 Å². The number of ether oxygens (including phenoxy) is 4. The molecule has 31 heavy (non-hydrogen) atoms. The number of aryl methyl sites for hydroxylation is 1. The average molecular weight is 422 g/mol. The summed E-state index contributed by atoms with van der Waals surface area (Å²) in [6.45, 7) is 1.70. The zero-order valence-corrected chi connectivity index (χ0v) is 17.9. The summed E-state index contributed by atoms with van der Waals surface area (Å²) in [6.07, 6.45) is 0. The van der Waals surface area contributed by atoms with E-state index in [9.17, 15) is 9.59 Å². The Morgan fingerprint density at radius 3 is 1.58 bits per heavy atom. The zero-order chi connectivity index (χ0) is 22.5. The summed E-state index contributed by atoms with van der Waals surface area (Å²) in [5.41, 5.74) is 1.53. The maximum absolute atomic E-state index is 12.9. The van der Waals surface area contributed by atoms with E-state index in [1.54, 1.807) is 49.4 Å². The van der Waals surface area contributed by atoms with Crippen LogP contribution in [-0.4, -0.2) is 50.2 Å². The van der Waals surface area contributed by atoms with Gasteiger partial charge in [0, 0.05) is 11.1 Å². The highest BCUT2D eigenvalue weighted by molar-refractivity contribution is 6.10. The number of methoxy groups -OCH3 is 4. The van der Waals surface area contributed by atoms with Gasteiger partial charge in [0.2, 0.25) is 11.6 Å². The molecule has 1 aromatic heterocycles. The van der Waals surface area contributed by atoms with Crippen LogP contribution in [0.4, 0.5) is 0 Å². The number of aromatic nitrogens is 2. The van der Waals surface area contributed by atoms with Crippen molar-refractivity contribution in [3.8, 4) is 23.0 Å². The summed E-state index contributed by atoms with van der Waals surface area (Å²) < 4.78 is 20.9. The minimum atomic E-state index is -0.346. The first-order chi connectivity index (χ1) is 14.9. The molecule has 1 heterocycles. The van der Waals surface area contributed by atoms with Gasteiger partial charge in [-0.2, -0.15) is 0 Å². The van der Waals surface area contributed by atoms with Crippen molar-refractivity contribution in [2.45, 2.75) is 6.92 Å². The summed E-state index contributed by atoms with van der Waals surface area (Å²) in [6, 6.07) is 11.2. The second kappa shape index (κ2) is 9.25. The van der Waals surface area contributed by atoms with E-state index >= 15 is 0 Å². The van der Waals surface area contributed by atoms with Crippen LogP contribution in [0.15, 0.2) is 42.5 Å². The Kier molecular flexibility index (Phi) is 6.49. The maximum Gasteiger partial charge on any atom is 0.213 e. The van der Waals surface area contributed by atoms with E-state index in [0.717, 1.165) is 0 Å². The third kappa shape index (κ3) is 4.32. The van der Waals surface area contributed by atoms with Crippen molar-refractivity contribution in [3.63, 3.8) is 0 Å². The average Bonchev–Trinajstić information content (AvgIpc) is 2.82. The molecule has 0 amide bonds.